The van der Waals surface area contributed by atoms with Crippen LogP contribution in [0.2, 0.25) is 0 Å². The zero-order valence-electron chi connectivity index (χ0n) is 14.9. The summed E-state index contributed by atoms with van der Waals surface area (Å²) in [7, 11) is 0. The lowest BCUT2D eigenvalue weighted by Crippen LogP contribution is -2.51. The maximum absolute atomic E-state index is 12.8. The van der Waals surface area contributed by atoms with E-state index in [0.29, 0.717) is 13.1 Å². The standard InChI is InChI=1S/C20H24N4O2/c1-13(25)21-11-12-22-20(26)24-19-16-7-3-2-5-14(16)9-10-15-6-4-8-17(23-24)18(15)19/h3-4,6-7,9-10,17,19,23H,2,5,8,11-12H2,1H3,(H,21,25)(H,22,26). The van der Waals surface area contributed by atoms with Crippen molar-refractivity contribution >= 4 is 11.9 Å². The van der Waals surface area contributed by atoms with Crippen LogP contribution in [0.5, 0.6) is 0 Å². The molecule has 6 nitrogen and oxygen atoms in total. The van der Waals surface area contributed by atoms with Gasteiger partial charge in [0.15, 0.2) is 0 Å². The molecule has 0 aromatic heterocycles. The van der Waals surface area contributed by atoms with E-state index in [-0.39, 0.29) is 24.0 Å². The fourth-order valence-electron chi connectivity index (χ4n) is 4.07. The molecule has 2 atom stereocenters. The predicted molar refractivity (Wildman–Crippen MR) is 100.0 cm³/mol. The Morgan fingerprint density at radius 3 is 2.85 bits per heavy atom. The Morgan fingerprint density at radius 2 is 2.00 bits per heavy atom. The van der Waals surface area contributed by atoms with Crippen LogP contribution in [0.4, 0.5) is 4.79 Å². The summed E-state index contributed by atoms with van der Waals surface area (Å²) in [6.07, 6.45) is 16.0. The highest BCUT2D eigenvalue weighted by molar-refractivity contribution is 5.77. The third-order valence-corrected chi connectivity index (χ3v) is 5.23. The predicted octanol–water partition coefficient (Wildman–Crippen LogP) is 1.86. The molecule has 1 saturated heterocycles. The van der Waals surface area contributed by atoms with E-state index < -0.39 is 0 Å². The van der Waals surface area contributed by atoms with Gasteiger partial charge in [0.05, 0.1) is 12.1 Å². The Hall–Kier alpha value is -2.60. The lowest BCUT2D eigenvalue weighted by atomic mass is 9.85. The summed E-state index contributed by atoms with van der Waals surface area (Å²) < 4.78 is 0. The summed E-state index contributed by atoms with van der Waals surface area (Å²) in [4.78, 5) is 23.8. The van der Waals surface area contributed by atoms with Crippen LogP contribution in [0.3, 0.4) is 0 Å². The number of fused-ring (bicyclic) bond motifs is 1. The van der Waals surface area contributed by atoms with Crippen molar-refractivity contribution in [3.05, 3.63) is 58.7 Å². The number of urea groups is 1. The zero-order valence-corrected chi connectivity index (χ0v) is 14.9. The topological polar surface area (TPSA) is 73.5 Å². The van der Waals surface area contributed by atoms with Gasteiger partial charge in [-0.3, -0.25) is 4.79 Å². The molecule has 136 valence electrons. The van der Waals surface area contributed by atoms with Gasteiger partial charge in [0.25, 0.3) is 0 Å². The highest BCUT2D eigenvalue weighted by Crippen LogP contribution is 2.40. The molecule has 26 heavy (non-hydrogen) atoms. The fourth-order valence-corrected chi connectivity index (χ4v) is 4.07. The van der Waals surface area contributed by atoms with E-state index in [1.54, 1.807) is 5.01 Å². The van der Waals surface area contributed by atoms with Crippen molar-refractivity contribution in [3.63, 3.8) is 0 Å². The van der Waals surface area contributed by atoms with Crippen molar-refractivity contribution in [2.75, 3.05) is 13.1 Å². The number of hydrogen-bond donors (Lipinski definition) is 3. The van der Waals surface area contributed by atoms with E-state index in [1.807, 2.05) is 0 Å². The van der Waals surface area contributed by atoms with Crippen molar-refractivity contribution < 1.29 is 9.59 Å². The molecule has 0 spiro atoms. The van der Waals surface area contributed by atoms with Gasteiger partial charge in [0, 0.05) is 20.0 Å². The second-order valence-electron chi connectivity index (χ2n) is 6.97. The molecule has 1 heterocycles. The minimum absolute atomic E-state index is 0.0812. The molecule has 4 aliphatic rings. The van der Waals surface area contributed by atoms with Crippen LogP contribution >= 0.6 is 0 Å². The molecular formula is C20H24N4O2. The van der Waals surface area contributed by atoms with Gasteiger partial charge in [-0.1, -0.05) is 36.5 Å². The van der Waals surface area contributed by atoms with Crippen LogP contribution in [0, 0.1) is 0 Å². The van der Waals surface area contributed by atoms with Gasteiger partial charge in [-0.15, -0.1) is 0 Å². The summed E-state index contributed by atoms with van der Waals surface area (Å²) in [6.45, 7) is 2.30. The lowest BCUT2D eigenvalue weighted by molar-refractivity contribution is -0.118. The molecular weight excluding hydrogens is 328 g/mol. The molecule has 0 saturated carbocycles. The summed E-state index contributed by atoms with van der Waals surface area (Å²) in [5.41, 5.74) is 8.39. The van der Waals surface area contributed by atoms with Crippen LogP contribution in [0.1, 0.15) is 26.2 Å². The van der Waals surface area contributed by atoms with Crippen LogP contribution in [0.25, 0.3) is 0 Å². The Bertz CT molecular complexity index is 788. The van der Waals surface area contributed by atoms with Gasteiger partial charge < -0.3 is 10.6 Å². The molecule has 2 unspecified atom stereocenters. The highest BCUT2D eigenvalue weighted by Gasteiger charge is 2.43. The van der Waals surface area contributed by atoms with Crippen molar-refractivity contribution in [1.82, 2.24) is 21.1 Å². The fraction of sp³-hybridized carbons (Fsp3) is 0.400. The Morgan fingerprint density at radius 1 is 1.15 bits per heavy atom. The van der Waals surface area contributed by atoms with Crippen molar-refractivity contribution in [1.29, 1.82) is 0 Å². The Labute approximate surface area is 153 Å². The summed E-state index contributed by atoms with van der Waals surface area (Å²) in [5.74, 6) is -0.0950. The van der Waals surface area contributed by atoms with Gasteiger partial charge >= 0.3 is 6.03 Å². The smallest absolute Gasteiger partial charge is 0.332 e. The number of nitrogens with zero attached hydrogens (tertiary/aromatic N) is 1. The number of hydrazine groups is 1. The molecule has 1 aliphatic heterocycles. The van der Waals surface area contributed by atoms with Gasteiger partial charge in [-0.2, -0.15) is 0 Å². The van der Waals surface area contributed by atoms with E-state index in [0.717, 1.165) is 19.3 Å². The number of allylic oxidation sites excluding steroid dienone is 6. The first-order valence-electron chi connectivity index (χ1n) is 9.21. The minimum Gasteiger partial charge on any atom is -0.355 e. The van der Waals surface area contributed by atoms with E-state index >= 15 is 0 Å². The van der Waals surface area contributed by atoms with Gasteiger partial charge in [0.1, 0.15) is 0 Å². The molecule has 0 aromatic carbocycles. The van der Waals surface area contributed by atoms with Gasteiger partial charge in [-0.05, 0) is 41.6 Å². The molecule has 4 rings (SSSR count). The molecule has 3 N–H and O–H groups in total. The summed E-state index contributed by atoms with van der Waals surface area (Å²) in [5, 5.41) is 7.34. The molecule has 0 radical (unpaired) electrons. The molecule has 3 amide bonds. The maximum atomic E-state index is 12.8. The first kappa shape index (κ1) is 16.8. The zero-order chi connectivity index (χ0) is 18.1. The third-order valence-electron chi connectivity index (χ3n) is 5.23. The van der Waals surface area contributed by atoms with Crippen LogP contribution in [0.15, 0.2) is 58.7 Å². The normalized spacial score (nSPS) is 25.8. The number of nitrogens with one attached hydrogen (secondary N) is 3. The average Bonchev–Trinajstić information content (AvgIpc) is 2.94. The number of amides is 3. The number of carbonyl (C=O) groups is 2. The summed E-state index contributed by atoms with van der Waals surface area (Å²) >= 11 is 0. The third kappa shape index (κ3) is 3.01. The number of rotatable bonds is 3. The van der Waals surface area contributed by atoms with E-state index in [2.05, 4.69) is 52.5 Å². The molecule has 6 heteroatoms. The molecule has 0 aromatic rings. The second-order valence-corrected chi connectivity index (χ2v) is 6.97. The highest BCUT2D eigenvalue weighted by atomic mass is 16.2. The largest absolute Gasteiger partial charge is 0.355 e. The van der Waals surface area contributed by atoms with Crippen molar-refractivity contribution in [2.45, 2.75) is 38.3 Å². The van der Waals surface area contributed by atoms with E-state index in [1.165, 1.54) is 29.2 Å². The molecule has 3 aliphatic carbocycles. The van der Waals surface area contributed by atoms with E-state index in [9.17, 15) is 9.59 Å². The number of hydrogen-bond acceptors (Lipinski definition) is 3. The summed E-state index contributed by atoms with van der Waals surface area (Å²) in [6, 6.07) is -0.0930. The van der Waals surface area contributed by atoms with Crippen LogP contribution < -0.4 is 16.1 Å². The first-order chi connectivity index (χ1) is 12.6. The molecule has 0 bridgehead atoms. The Balaban J connectivity index is 1.59. The monoisotopic (exact) mass is 352 g/mol. The minimum atomic E-state index is -0.158. The van der Waals surface area contributed by atoms with Crippen LogP contribution in [-0.2, 0) is 4.79 Å². The quantitative estimate of drug-likeness (QED) is 0.679. The SMILES string of the molecule is CC(=O)NCCNC(=O)N1NC2CC=CC3=C2C1C1=C(C=C3)CCC=C1. The molecule has 1 fully saturated rings. The number of carbonyl (C=O) groups excluding carboxylic acids is 2. The van der Waals surface area contributed by atoms with E-state index in [4.69, 9.17) is 0 Å². The Kier molecular flexibility index (Phi) is 4.51. The first-order valence-corrected chi connectivity index (χ1v) is 9.21. The van der Waals surface area contributed by atoms with Gasteiger partial charge in [0.2, 0.25) is 5.91 Å². The lowest BCUT2D eigenvalue weighted by Gasteiger charge is -2.28. The van der Waals surface area contributed by atoms with Crippen LogP contribution in [-0.4, -0.2) is 42.1 Å². The van der Waals surface area contributed by atoms with Gasteiger partial charge in [-0.25, -0.2) is 15.2 Å². The van der Waals surface area contributed by atoms with Crippen molar-refractivity contribution in [3.8, 4) is 0 Å². The second kappa shape index (κ2) is 6.96. The van der Waals surface area contributed by atoms with Crippen molar-refractivity contribution in [2.24, 2.45) is 0 Å². The average molecular weight is 352 g/mol. The maximum Gasteiger partial charge on any atom is 0.332 e.